The number of carboxylic acids is 1. The SMILES string of the molecule is Cn1nnnc1SCC1=C(C(=O)O)N2C(=O)[C@@H](NC(=O)C(NC(=O)NCC#N)c3ccccc3)C2SC1. The number of nitrogens with one attached hydrogen (secondary N) is 3. The lowest BCUT2D eigenvalue weighted by molar-refractivity contribution is -0.151. The Morgan fingerprint density at radius 1 is 1.32 bits per heavy atom. The second-order valence-corrected chi connectivity index (χ2v) is 9.90. The summed E-state index contributed by atoms with van der Waals surface area (Å²) in [5.41, 5.74) is 0.893. The molecule has 1 aromatic heterocycles. The number of rotatable bonds is 9. The highest BCUT2D eigenvalue weighted by Gasteiger charge is 2.54. The fourth-order valence-corrected chi connectivity index (χ4v) is 6.11. The van der Waals surface area contributed by atoms with E-state index in [2.05, 4.69) is 31.5 Å². The molecule has 0 radical (unpaired) electrons. The molecule has 4 rings (SSSR count). The van der Waals surface area contributed by atoms with Gasteiger partial charge in [0.1, 0.15) is 29.7 Å². The summed E-state index contributed by atoms with van der Waals surface area (Å²) < 4.78 is 1.46. The van der Waals surface area contributed by atoms with Gasteiger partial charge in [-0.3, -0.25) is 14.5 Å². The summed E-state index contributed by atoms with van der Waals surface area (Å²) in [5.74, 6) is -1.85. The van der Waals surface area contributed by atoms with Crippen LogP contribution in [0.15, 0.2) is 46.8 Å². The number of carbonyl (C=O) groups excluding carboxylic acids is 3. The number of fused-ring (bicyclic) bond motifs is 1. The minimum Gasteiger partial charge on any atom is -0.477 e. The highest BCUT2D eigenvalue weighted by Crippen LogP contribution is 2.41. The number of urea groups is 1. The molecule has 4 amide bonds. The van der Waals surface area contributed by atoms with E-state index < -0.39 is 41.3 Å². The van der Waals surface area contributed by atoms with Crippen LogP contribution in [-0.4, -0.2) is 83.5 Å². The van der Waals surface area contributed by atoms with Gasteiger partial charge in [-0.1, -0.05) is 42.1 Å². The monoisotopic (exact) mass is 543 g/mol. The Morgan fingerprint density at radius 2 is 2.08 bits per heavy atom. The Bertz CT molecular complexity index is 1290. The Kier molecular flexibility index (Phi) is 7.94. The first kappa shape index (κ1) is 26.0. The molecule has 37 heavy (non-hydrogen) atoms. The number of carboxylic acid groups (broad SMARTS) is 1. The molecule has 0 spiro atoms. The lowest BCUT2D eigenvalue weighted by Gasteiger charge is -2.49. The second-order valence-electron chi connectivity index (χ2n) is 7.86. The molecule has 2 aliphatic rings. The van der Waals surface area contributed by atoms with Crippen molar-refractivity contribution in [2.75, 3.05) is 18.1 Å². The van der Waals surface area contributed by atoms with E-state index in [-0.39, 0.29) is 18.0 Å². The number of aliphatic carboxylic acids is 1. The van der Waals surface area contributed by atoms with Crippen molar-refractivity contribution in [1.82, 2.24) is 41.1 Å². The maximum absolute atomic E-state index is 13.2. The standard InChI is InChI=1S/C21H21N9O5S2/c1-29-21(26-27-28-29)37-10-12-9-36-18-14(17(32)30(18)15(12)19(33)34)24-16(31)13(11-5-3-2-4-6-11)25-20(35)23-8-7-22/h2-6,13-14,18H,8-10H2,1H3,(H,24,31)(H,33,34)(H2,23,25,35)/t13?,14-,18?/m1/s1. The van der Waals surface area contributed by atoms with E-state index in [0.717, 1.165) is 0 Å². The molecule has 1 saturated heterocycles. The first-order valence-corrected chi connectivity index (χ1v) is 12.9. The van der Waals surface area contributed by atoms with Crippen molar-refractivity contribution in [2.45, 2.75) is 22.6 Å². The average molecular weight is 544 g/mol. The van der Waals surface area contributed by atoms with E-state index >= 15 is 0 Å². The second kappa shape index (κ2) is 11.3. The van der Waals surface area contributed by atoms with Gasteiger partial charge in [0, 0.05) is 18.6 Å². The molecule has 0 bridgehead atoms. The summed E-state index contributed by atoms with van der Waals surface area (Å²) in [6.07, 6.45) is 0. The largest absolute Gasteiger partial charge is 0.477 e. The van der Waals surface area contributed by atoms with Crippen molar-refractivity contribution in [3.63, 3.8) is 0 Å². The van der Waals surface area contributed by atoms with Gasteiger partial charge in [0.25, 0.3) is 5.91 Å². The Labute approximate surface area is 218 Å². The summed E-state index contributed by atoms with van der Waals surface area (Å²) >= 11 is 2.58. The molecule has 14 nitrogen and oxygen atoms in total. The van der Waals surface area contributed by atoms with Gasteiger partial charge < -0.3 is 21.1 Å². The minimum absolute atomic E-state index is 0.115. The van der Waals surface area contributed by atoms with E-state index in [0.29, 0.717) is 22.0 Å². The molecule has 0 aliphatic carbocycles. The number of tetrazole rings is 1. The molecule has 2 aliphatic heterocycles. The van der Waals surface area contributed by atoms with E-state index in [9.17, 15) is 24.3 Å². The normalized spacial score (nSPS) is 19.2. The van der Waals surface area contributed by atoms with Crippen molar-refractivity contribution in [1.29, 1.82) is 5.26 Å². The molecule has 3 heterocycles. The predicted molar refractivity (Wildman–Crippen MR) is 131 cm³/mol. The van der Waals surface area contributed by atoms with Gasteiger partial charge in [-0.05, 0) is 21.6 Å². The number of hydrogen-bond donors (Lipinski definition) is 4. The van der Waals surface area contributed by atoms with Gasteiger partial charge in [0.2, 0.25) is 11.1 Å². The number of aryl methyl sites for hydroxylation is 1. The van der Waals surface area contributed by atoms with Gasteiger partial charge in [-0.2, -0.15) is 5.26 Å². The van der Waals surface area contributed by atoms with E-state index in [1.54, 1.807) is 43.4 Å². The smallest absolute Gasteiger partial charge is 0.352 e. The summed E-state index contributed by atoms with van der Waals surface area (Å²) in [4.78, 5) is 51.6. The van der Waals surface area contributed by atoms with Crippen molar-refractivity contribution in [3.8, 4) is 6.07 Å². The molecule has 1 aromatic carbocycles. The van der Waals surface area contributed by atoms with E-state index in [1.807, 2.05) is 0 Å². The number of nitriles is 1. The topological polar surface area (TPSA) is 195 Å². The molecule has 2 aromatic rings. The van der Waals surface area contributed by atoms with Crippen LogP contribution in [0.4, 0.5) is 4.79 Å². The van der Waals surface area contributed by atoms with Crippen LogP contribution in [0.5, 0.6) is 0 Å². The Hall–Kier alpha value is -4.10. The van der Waals surface area contributed by atoms with Gasteiger partial charge in [-0.25, -0.2) is 14.3 Å². The van der Waals surface area contributed by atoms with Gasteiger partial charge in [0.05, 0.1) is 6.07 Å². The predicted octanol–water partition coefficient (Wildman–Crippen LogP) is -0.395. The fraction of sp³-hybridized carbons (Fsp3) is 0.333. The zero-order valence-corrected chi connectivity index (χ0v) is 21.0. The molecule has 0 saturated carbocycles. The molecule has 16 heteroatoms. The lowest BCUT2D eigenvalue weighted by Crippen LogP contribution is -2.71. The van der Waals surface area contributed by atoms with Crippen LogP contribution >= 0.6 is 23.5 Å². The van der Waals surface area contributed by atoms with Crippen molar-refractivity contribution in [3.05, 3.63) is 47.2 Å². The molecule has 1 fully saturated rings. The van der Waals surface area contributed by atoms with Crippen LogP contribution in [0.25, 0.3) is 0 Å². The summed E-state index contributed by atoms with van der Waals surface area (Å²) in [5, 5.41) is 37.0. The van der Waals surface area contributed by atoms with Crippen LogP contribution in [0.1, 0.15) is 11.6 Å². The van der Waals surface area contributed by atoms with Gasteiger partial charge >= 0.3 is 12.0 Å². The number of amides is 4. The zero-order chi connectivity index (χ0) is 26.5. The lowest BCUT2D eigenvalue weighted by atomic mass is 10.0. The quantitative estimate of drug-likeness (QED) is 0.183. The third-order valence-electron chi connectivity index (χ3n) is 5.50. The van der Waals surface area contributed by atoms with Crippen LogP contribution in [0, 0.1) is 11.3 Å². The van der Waals surface area contributed by atoms with E-state index in [1.165, 1.54) is 33.1 Å². The Morgan fingerprint density at radius 3 is 2.73 bits per heavy atom. The van der Waals surface area contributed by atoms with E-state index in [4.69, 9.17) is 5.26 Å². The third kappa shape index (κ3) is 5.52. The molecule has 3 atom stereocenters. The minimum atomic E-state index is -1.24. The third-order valence-corrected chi connectivity index (χ3v) is 7.94. The number of β-lactam (4-membered cyclic amide) rings is 1. The van der Waals surface area contributed by atoms with Crippen LogP contribution in [-0.2, 0) is 21.4 Å². The van der Waals surface area contributed by atoms with Gasteiger partial charge in [-0.15, -0.1) is 16.9 Å². The molecule has 2 unspecified atom stereocenters. The van der Waals surface area contributed by atoms with Gasteiger partial charge in [0.15, 0.2) is 0 Å². The number of carbonyl (C=O) groups is 4. The maximum atomic E-state index is 13.2. The van der Waals surface area contributed by atoms with Crippen LogP contribution in [0.3, 0.4) is 0 Å². The van der Waals surface area contributed by atoms with Crippen molar-refractivity contribution < 1.29 is 24.3 Å². The highest BCUT2D eigenvalue weighted by molar-refractivity contribution is 8.01. The van der Waals surface area contributed by atoms with Crippen molar-refractivity contribution in [2.24, 2.45) is 7.05 Å². The molecular weight excluding hydrogens is 522 g/mol. The number of benzene rings is 1. The first-order valence-electron chi connectivity index (χ1n) is 10.8. The fourth-order valence-electron chi connectivity index (χ4n) is 3.77. The average Bonchev–Trinajstić information content (AvgIpc) is 3.31. The Balaban J connectivity index is 1.48. The molecule has 192 valence electrons. The highest BCUT2D eigenvalue weighted by atomic mass is 32.2. The maximum Gasteiger partial charge on any atom is 0.352 e. The first-order chi connectivity index (χ1) is 17.8. The summed E-state index contributed by atoms with van der Waals surface area (Å²) in [7, 11) is 1.66. The summed E-state index contributed by atoms with van der Waals surface area (Å²) in [6.45, 7) is -0.248. The van der Waals surface area contributed by atoms with Crippen LogP contribution < -0.4 is 16.0 Å². The number of thioether (sulfide) groups is 2. The zero-order valence-electron chi connectivity index (χ0n) is 19.3. The number of hydrogen-bond acceptors (Lipinski definition) is 10. The van der Waals surface area contributed by atoms with Crippen molar-refractivity contribution >= 4 is 47.3 Å². The number of nitrogens with zero attached hydrogens (tertiary/aromatic N) is 6. The molecular formula is C21H21N9O5S2. The number of aromatic nitrogens is 4. The summed E-state index contributed by atoms with van der Waals surface area (Å²) in [6, 6.07) is 7.35. The molecule has 4 N–H and O–H groups in total. The van der Waals surface area contributed by atoms with Crippen LogP contribution in [0.2, 0.25) is 0 Å².